The average Bonchev–Trinajstić information content (AvgIpc) is 2.78. The third-order valence-electron chi connectivity index (χ3n) is 3.86. The molecule has 1 saturated heterocycles. The van der Waals surface area contributed by atoms with Gasteiger partial charge in [-0.3, -0.25) is 0 Å². The van der Waals surface area contributed by atoms with Crippen molar-refractivity contribution < 1.29 is 13.7 Å². The molecule has 0 atom stereocenters. The second kappa shape index (κ2) is 3.77. The molecule has 3 heterocycles. The minimum Gasteiger partial charge on any atom is -0.399 e. The lowest BCUT2D eigenvalue weighted by atomic mass is 9.81. The van der Waals surface area contributed by atoms with Crippen LogP contribution in [-0.2, 0) is 9.31 Å². The van der Waals surface area contributed by atoms with E-state index in [1.807, 2.05) is 27.7 Å². The van der Waals surface area contributed by atoms with Crippen molar-refractivity contribution in [3.63, 3.8) is 0 Å². The summed E-state index contributed by atoms with van der Waals surface area (Å²) in [6.07, 6.45) is 4.37. The maximum absolute atomic E-state index is 13.3. The molecule has 0 saturated carbocycles. The van der Waals surface area contributed by atoms with Crippen LogP contribution in [0.3, 0.4) is 0 Å². The van der Waals surface area contributed by atoms with Gasteiger partial charge in [0.15, 0.2) is 11.5 Å². The van der Waals surface area contributed by atoms with Gasteiger partial charge in [0, 0.05) is 17.9 Å². The Bertz CT molecular complexity index is 625. The molecular weight excluding hydrogens is 248 g/mol. The van der Waals surface area contributed by atoms with Crippen molar-refractivity contribution in [3.8, 4) is 0 Å². The zero-order chi connectivity index (χ0) is 13.8. The summed E-state index contributed by atoms with van der Waals surface area (Å²) in [7, 11) is -0.519. The molecule has 1 fully saturated rings. The molecule has 2 aromatic heterocycles. The van der Waals surface area contributed by atoms with Gasteiger partial charge in [-0.25, -0.2) is 13.9 Å². The summed E-state index contributed by atoms with van der Waals surface area (Å²) < 4.78 is 26.5. The van der Waals surface area contributed by atoms with E-state index in [9.17, 15) is 4.39 Å². The summed E-state index contributed by atoms with van der Waals surface area (Å²) in [5, 5.41) is 3.89. The van der Waals surface area contributed by atoms with Crippen molar-refractivity contribution in [1.82, 2.24) is 14.6 Å². The molecule has 19 heavy (non-hydrogen) atoms. The Morgan fingerprint density at radius 2 is 1.79 bits per heavy atom. The van der Waals surface area contributed by atoms with Gasteiger partial charge in [0.25, 0.3) is 0 Å². The minimum absolute atomic E-state index is 0.195. The molecule has 0 spiro atoms. The molecule has 0 aliphatic carbocycles. The van der Waals surface area contributed by atoms with E-state index in [2.05, 4.69) is 10.1 Å². The minimum atomic E-state index is -0.519. The molecule has 0 N–H and O–H groups in total. The first-order valence-corrected chi connectivity index (χ1v) is 6.15. The van der Waals surface area contributed by atoms with Gasteiger partial charge in [0.1, 0.15) is 0 Å². The largest absolute Gasteiger partial charge is 0.498 e. The van der Waals surface area contributed by atoms with E-state index in [1.165, 1.54) is 4.52 Å². The van der Waals surface area contributed by atoms with Gasteiger partial charge in [-0.05, 0) is 27.7 Å². The Morgan fingerprint density at radius 3 is 2.42 bits per heavy atom. The summed E-state index contributed by atoms with van der Waals surface area (Å²) in [4.78, 5) is 4.05. The quantitative estimate of drug-likeness (QED) is 0.724. The lowest BCUT2D eigenvalue weighted by Gasteiger charge is -2.32. The van der Waals surface area contributed by atoms with E-state index in [4.69, 9.17) is 9.31 Å². The topological polar surface area (TPSA) is 48.7 Å². The molecule has 2 aromatic rings. The number of hydrogen-bond donors (Lipinski definition) is 0. The lowest BCUT2D eigenvalue weighted by Crippen LogP contribution is -2.41. The molecule has 5 nitrogen and oxygen atoms in total. The second-order valence-electron chi connectivity index (χ2n) is 5.74. The van der Waals surface area contributed by atoms with Gasteiger partial charge in [-0.15, -0.1) is 0 Å². The van der Waals surface area contributed by atoms with E-state index < -0.39 is 24.1 Å². The van der Waals surface area contributed by atoms with E-state index in [0.29, 0.717) is 5.46 Å². The molecule has 3 rings (SSSR count). The van der Waals surface area contributed by atoms with Crippen LogP contribution in [0.2, 0.25) is 0 Å². The van der Waals surface area contributed by atoms with Gasteiger partial charge in [-0.2, -0.15) is 5.10 Å². The van der Waals surface area contributed by atoms with Crippen molar-refractivity contribution in [2.75, 3.05) is 0 Å². The monoisotopic (exact) mass is 263 g/mol. The van der Waals surface area contributed by atoms with Crippen molar-refractivity contribution in [2.24, 2.45) is 0 Å². The SMILES string of the molecule is CC1(C)OB(c2cnc3c(F)cnn3c2)OC1(C)C. The van der Waals surface area contributed by atoms with Gasteiger partial charge in [0.2, 0.25) is 0 Å². The molecule has 0 bridgehead atoms. The van der Waals surface area contributed by atoms with Crippen LogP contribution in [0.1, 0.15) is 27.7 Å². The molecular formula is C12H15BFN3O2. The average molecular weight is 263 g/mol. The summed E-state index contributed by atoms with van der Waals surface area (Å²) in [6.45, 7) is 7.91. The van der Waals surface area contributed by atoms with Crippen LogP contribution in [0.25, 0.3) is 5.65 Å². The van der Waals surface area contributed by atoms with Gasteiger partial charge in [-0.1, -0.05) is 0 Å². The van der Waals surface area contributed by atoms with Gasteiger partial charge >= 0.3 is 7.12 Å². The molecule has 1 aliphatic heterocycles. The molecule has 7 heteroatoms. The summed E-state index contributed by atoms with van der Waals surface area (Å²) >= 11 is 0. The smallest absolute Gasteiger partial charge is 0.399 e. The van der Waals surface area contributed by atoms with Gasteiger partial charge in [0.05, 0.1) is 17.4 Å². The summed E-state index contributed by atoms with van der Waals surface area (Å²) in [6, 6.07) is 0. The maximum atomic E-state index is 13.3. The van der Waals surface area contributed by atoms with E-state index in [-0.39, 0.29) is 5.65 Å². The number of nitrogens with zero attached hydrogens (tertiary/aromatic N) is 3. The van der Waals surface area contributed by atoms with Gasteiger partial charge < -0.3 is 9.31 Å². The van der Waals surface area contributed by atoms with E-state index in [1.54, 1.807) is 12.4 Å². The first kappa shape index (κ1) is 12.6. The highest BCUT2D eigenvalue weighted by Gasteiger charge is 2.52. The predicted molar refractivity (Wildman–Crippen MR) is 68.7 cm³/mol. The number of aromatic nitrogens is 3. The fourth-order valence-corrected chi connectivity index (χ4v) is 1.96. The van der Waals surface area contributed by atoms with Crippen molar-refractivity contribution in [3.05, 3.63) is 24.4 Å². The van der Waals surface area contributed by atoms with Crippen LogP contribution in [0, 0.1) is 5.82 Å². The highest BCUT2D eigenvalue weighted by Crippen LogP contribution is 2.36. The molecule has 100 valence electrons. The third-order valence-corrected chi connectivity index (χ3v) is 3.86. The van der Waals surface area contributed by atoms with Crippen LogP contribution >= 0.6 is 0 Å². The van der Waals surface area contributed by atoms with Crippen LogP contribution in [0.5, 0.6) is 0 Å². The number of hydrogen-bond acceptors (Lipinski definition) is 4. The highest BCUT2D eigenvalue weighted by molar-refractivity contribution is 6.61. The second-order valence-corrected chi connectivity index (χ2v) is 5.74. The number of halogens is 1. The maximum Gasteiger partial charge on any atom is 0.498 e. The fraction of sp³-hybridized carbons (Fsp3) is 0.500. The molecule has 0 unspecified atom stereocenters. The number of rotatable bonds is 1. The van der Waals surface area contributed by atoms with Crippen LogP contribution in [0.4, 0.5) is 4.39 Å². The zero-order valence-corrected chi connectivity index (χ0v) is 11.3. The number of fused-ring (bicyclic) bond motifs is 1. The first-order chi connectivity index (χ1) is 8.80. The van der Waals surface area contributed by atoms with Crippen LogP contribution in [0.15, 0.2) is 18.6 Å². The van der Waals surface area contributed by atoms with E-state index >= 15 is 0 Å². The Kier molecular flexibility index (Phi) is 2.49. The molecule has 0 amide bonds. The lowest BCUT2D eigenvalue weighted by molar-refractivity contribution is 0.00578. The normalized spacial score (nSPS) is 21.2. The first-order valence-electron chi connectivity index (χ1n) is 6.15. The third kappa shape index (κ3) is 1.84. The fourth-order valence-electron chi connectivity index (χ4n) is 1.96. The van der Waals surface area contributed by atoms with Crippen LogP contribution < -0.4 is 5.46 Å². The Hall–Kier alpha value is -1.47. The van der Waals surface area contributed by atoms with Crippen molar-refractivity contribution in [2.45, 2.75) is 38.9 Å². The Labute approximate surface area is 110 Å². The predicted octanol–water partition coefficient (Wildman–Crippen LogP) is 1.17. The molecule has 0 aromatic carbocycles. The molecule has 0 radical (unpaired) electrons. The van der Waals surface area contributed by atoms with Crippen LogP contribution in [-0.4, -0.2) is 32.9 Å². The van der Waals surface area contributed by atoms with Crippen molar-refractivity contribution in [1.29, 1.82) is 0 Å². The summed E-state index contributed by atoms with van der Waals surface area (Å²) in [5.41, 5.74) is 0.0822. The van der Waals surface area contributed by atoms with Crippen molar-refractivity contribution >= 4 is 18.2 Å². The molecule has 1 aliphatic rings. The summed E-state index contributed by atoms with van der Waals surface area (Å²) in [5.74, 6) is -0.444. The zero-order valence-electron chi connectivity index (χ0n) is 11.3. The Morgan fingerprint density at radius 1 is 1.16 bits per heavy atom. The highest BCUT2D eigenvalue weighted by atomic mass is 19.1. The Balaban J connectivity index is 1.98. The van der Waals surface area contributed by atoms with E-state index in [0.717, 1.165) is 6.20 Å². The standard InChI is InChI=1S/C12H15BFN3O2/c1-11(2)12(3,4)19-13(18-11)8-5-15-10-9(14)6-16-17(10)7-8/h5-7H,1-4H3.